The van der Waals surface area contributed by atoms with Gasteiger partial charge >= 0.3 is 0 Å². The second-order valence-corrected chi connectivity index (χ2v) is 4.39. The summed E-state index contributed by atoms with van der Waals surface area (Å²) in [5, 5.41) is 7.83. The van der Waals surface area contributed by atoms with Gasteiger partial charge in [-0.25, -0.2) is 0 Å². The highest BCUT2D eigenvalue weighted by molar-refractivity contribution is 5.72. The van der Waals surface area contributed by atoms with Crippen LogP contribution in [0.5, 0.6) is 0 Å². The van der Waals surface area contributed by atoms with E-state index in [-0.39, 0.29) is 0 Å². The molecule has 1 aliphatic heterocycles. The van der Waals surface area contributed by atoms with Crippen LogP contribution in [-0.2, 0) is 13.0 Å². The standard InChI is InChI=1S/C14H17N3/c1-2-17-14(8-10-16-17)12-5-3-7-13-11(12)6-4-9-15-13/h3,5,7-8,10,15H,2,4,6,9H2,1H3. The molecule has 0 saturated heterocycles. The van der Waals surface area contributed by atoms with Crippen LogP contribution in [0.2, 0.25) is 0 Å². The van der Waals surface area contributed by atoms with Gasteiger partial charge < -0.3 is 5.32 Å². The molecule has 0 aliphatic carbocycles. The molecule has 3 nitrogen and oxygen atoms in total. The van der Waals surface area contributed by atoms with Crippen LogP contribution in [0.1, 0.15) is 18.9 Å². The van der Waals surface area contributed by atoms with Gasteiger partial charge in [0.2, 0.25) is 0 Å². The topological polar surface area (TPSA) is 29.9 Å². The van der Waals surface area contributed by atoms with E-state index in [1.165, 1.54) is 28.9 Å². The molecule has 0 unspecified atom stereocenters. The lowest BCUT2D eigenvalue weighted by molar-refractivity contribution is 0.666. The summed E-state index contributed by atoms with van der Waals surface area (Å²) in [6, 6.07) is 8.60. The number of hydrogen-bond acceptors (Lipinski definition) is 2. The number of nitrogens with one attached hydrogen (secondary N) is 1. The van der Waals surface area contributed by atoms with Crippen LogP contribution in [0.15, 0.2) is 30.5 Å². The molecule has 0 spiro atoms. The summed E-state index contributed by atoms with van der Waals surface area (Å²) in [7, 11) is 0. The molecule has 0 amide bonds. The molecule has 1 aliphatic rings. The van der Waals surface area contributed by atoms with Gasteiger partial charge in [0.1, 0.15) is 0 Å². The van der Waals surface area contributed by atoms with Crippen LogP contribution in [0.4, 0.5) is 5.69 Å². The monoisotopic (exact) mass is 227 g/mol. The number of anilines is 1. The molecular weight excluding hydrogens is 210 g/mol. The maximum Gasteiger partial charge on any atom is 0.0685 e. The first-order valence-corrected chi connectivity index (χ1v) is 6.28. The van der Waals surface area contributed by atoms with Crippen LogP contribution >= 0.6 is 0 Å². The molecular formula is C14H17N3. The highest BCUT2D eigenvalue weighted by Crippen LogP contribution is 2.32. The SMILES string of the molecule is CCn1nccc1-c1cccc2c1CCCN2. The van der Waals surface area contributed by atoms with E-state index >= 15 is 0 Å². The summed E-state index contributed by atoms with van der Waals surface area (Å²) in [5.41, 5.74) is 5.29. The molecule has 3 rings (SSSR count). The lowest BCUT2D eigenvalue weighted by Gasteiger charge is -2.21. The van der Waals surface area contributed by atoms with Gasteiger partial charge in [-0.15, -0.1) is 0 Å². The molecule has 0 radical (unpaired) electrons. The minimum atomic E-state index is 0.916. The number of hydrogen-bond donors (Lipinski definition) is 1. The number of rotatable bonds is 2. The molecule has 3 heteroatoms. The Morgan fingerprint density at radius 3 is 3.18 bits per heavy atom. The second-order valence-electron chi connectivity index (χ2n) is 4.39. The smallest absolute Gasteiger partial charge is 0.0685 e. The van der Waals surface area contributed by atoms with Crippen molar-refractivity contribution in [3.63, 3.8) is 0 Å². The fourth-order valence-electron chi connectivity index (χ4n) is 2.56. The zero-order chi connectivity index (χ0) is 11.7. The third kappa shape index (κ3) is 1.71. The van der Waals surface area contributed by atoms with Crippen molar-refractivity contribution in [2.24, 2.45) is 0 Å². The van der Waals surface area contributed by atoms with Gasteiger partial charge in [0, 0.05) is 30.5 Å². The number of benzene rings is 1. The first-order chi connectivity index (χ1) is 8.40. The van der Waals surface area contributed by atoms with E-state index in [1.54, 1.807) is 0 Å². The van der Waals surface area contributed by atoms with E-state index in [1.807, 2.05) is 6.20 Å². The third-order valence-electron chi connectivity index (χ3n) is 3.39. The molecule has 1 aromatic carbocycles. The second kappa shape index (κ2) is 4.24. The van der Waals surface area contributed by atoms with Crippen molar-refractivity contribution in [2.45, 2.75) is 26.3 Å². The van der Waals surface area contributed by atoms with E-state index in [0.29, 0.717) is 0 Å². The van der Waals surface area contributed by atoms with Gasteiger partial charge in [-0.3, -0.25) is 4.68 Å². The van der Waals surface area contributed by atoms with E-state index in [4.69, 9.17) is 0 Å². The minimum absolute atomic E-state index is 0.916. The maximum atomic E-state index is 4.36. The first kappa shape index (κ1) is 10.4. The average molecular weight is 227 g/mol. The molecule has 1 N–H and O–H groups in total. The quantitative estimate of drug-likeness (QED) is 0.855. The van der Waals surface area contributed by atoms with Gasteiger partial charge in [-0.2, -0.15) is 5.10 Å². The van der Waals surface area contributed by atoms with Gasteiger partial charge in [0.25, 0.3) is 0 Å². The molecule has 0 fully saturated rings. The van der Waals surface area contributed by atoms with Crippen LogP contribution in [0, 0.1) is 0 Å². The molecule has 88 valence electrons. The molecule has 1 aromatic heterocycles. The normalized spacial score (nSPS) is 14.2. The van der Waals surface area contributed by atoms with E-state index in [2.05, 4.69) is 46.3 Å². The van der Waals surface area contributed by atoms with Gasteiger partial charge in [-0.1, -0.05) is 12.1 Å². The number of aryl methyl sites for hydroxylation is 1. The summed E-state index contributed by atoms with van der Waals surface area (Å²) in [4.78, 5) is 0. The van der Waals surface area contributed by atoms with Crippen molar-refractivity contribution < 1.29 is 0 Å². The van der Waals surface area contributed by atoms with Crippen molar-refractivity contribution in [1.82, 2.24) is 9.78 Å². The fraction of sp³-hybridized carbons (Fsp3) is 0.357. The van der Waals surface area contributed by atoms with E-state index in [0.717, 1.165) is 19.5 Å². The molecule has 17 heavy (non-hydrogen) atoms. The third-order valence-corrected chi connectivity index (χ3v) is 3.39. The Morgan fingerprint density at radius 2 is 2.29 bits per heavy atom. The highest BCUT2D eigenvalue weighted by Gasteiger charge is 2.15. The highest BCUT2D eigenvalue weighted by atomic mass is 15.3. The largest absolute Gasteiger partial charge is 0.385 e. The predicted molar refractivity (Wildman–Crippen MR) is 70.1 cm³/mol. The Morgan fingerprint density at radius 1 is 1.35 bits per heavy atom. The zero-order valence-corrected chi connectivity index (χ0v) is 10.1. The summed E-state index contributed by atoms with van der Waals surface area (Å²) in [6.45, 7) is 4.13. The van der Waals surface area contributed by atoms with E-state index in [9.17, 15) is 0 Å². The van der Waals surface area contributed by atoms with Gasteiger partial charge in [0.15, 0.2) is 0 Å². The predicted octanol–water partition coefficient (Wildman–Crippen LogP) is 2.93. The van der Waals surface area contributed by atoms with Crippen LogP contribution in [0.25, 0.3) is 11.3 Å². The van der Waals surface area contributed by atoms with Gasteiger partial charge in [0.05, 0.1) is 5.69 Å². The van der Waals surface area contributed by atoms with Crippen molar-refractivity contribution >= 4 is 5.69 Å². The molecule has 2 aromatic rings. The Bertz CT molecular complexity index is 528. The van der Waals surface area contributed by atoms with Crippen molar-refractivity contribution in [3.05, 3.63) is 36.0 Å². The van der Waals surface area contributed by atoms with Crippen molar-refractivity contribution in [1.29, 1.82) is 0 Å². The summed E-state index contributed by atoms with van der Waals surface area (Å²) < 4.78 is 2.06. The Hall–Kier alpha value is -1.77. The maximum absolute atomic E-state index is 4.36. The van der Waals surface area contributed by atoms with Gasteiger partial charge in [-0.05, 0) is 37.5 Å². The number of nitrogens with zero attached hydrogens (tertiary/aromatic N) is 2. The lowest BCUT2D eigenvalue weighted by atomic mass is 9.96. The van der Waals surface area contributed by atoms with Crippen LogP contribution in [-0.4, -0.2) is 16.3 Å². The minimum Gasteiger partial charge on any atom is -0.385 e. The Balaban J connectivity index is 2.14. The summed E-state index contributed by atoms with van der Waals surface area (Å²) >= 11 is 0. The van der Waals surface area contributed by atoms with Crippen molar-refractivity contribution in [2.75, 3.05) is 11.9 Å². The Kier molecular flexibility index (Phi) is 2.59. The lowest BCUT2D eigenvalue weighted by Crippen LogP contribution is -2.13. The van der Waals surface area contributed by atoms with Crippen LogP contribution < -0.4 is 5.32 Å². The summed E-state index contributed by atoms with van der Waals surface area (Å²) in [5.74, 6) is 0. The van der Waals surface area contributed by atoms with E-state index < -0.39 is 0 Å². The van der Waals surface area contributed by atoms with Crippen LogP contribution in [0.3, 0.4) is 0 Å². The number of fused-ring (bicyclic) bond motifs is 1. The fourth-order valence-corrected chi connectivity index (χ4v) is 2.56. The first-order valence-electron chi connectivity index (χ1n) is 6.28. The Labute approximate surface area is 101 Å². The summed E-state index contributed by atoms with van der Waals surface area (Å²) in [6.07, 6.45) is 4.26. The molecule has 0 saturated carbocycles. The molecule has 0 atom stereocenters. The molecule has 0 bridgehead atoms. The average Bonchev–Trinajstić information content (AvgIpc) is 2.86. The van der Waals surface area contributed by atoms with Crippen molar-refractivity contribution in [3.8, 4) is 11.3 Å². The number of aromatic nitrogens is 2. The molecule has 2 heterocycles. The zero-order valence-electron chi connectivity index (χ0n) is 10.1.